The summed E-state index contributed by atoms with van der Waals surface area (Å²) >= 11 is 0. The summed E-state index contributed by atoms with van der Waals surface area (Å²) in [7, 11) is 4.67. The maximum atomic E-state index is 8.86. The monoisotopic (exact) mass is 421 g/mol. The highest BCUT2D eigenvalue weighted by molar-refractivity contribution is 4.49. The second-order valence-corrected chi connectivity index (χ2v) is 8.41. The minimum Gasteiger partial charge on any atom is -1.00 e. The molecule has 0 amide bonds. The molecule has 0 aliphatic rings. The van der Waals surface area contributed by atoms with E-state index >= 15 is 0 Å². The topological polar surface area (TPSA) is 20.2 Å². The van der Waals surface area contributed by atoms with E-state index in [9.17, 15) is 0 Å². The summed E-state index contributed by atoms with van der Waals surface area (Å²) in [6.45, 7) is 5.14. The maximum Gasteiger partial charge on any atom is 0.0783 e. The normalized spacial score (nSPS) is 11.5. The highest BCUT2D eigenvalue weighted by Crippen LogP contribution is 2.13. The smallest absolute Gasteiger partial charge is 0.0783 e. The van der Waals surface area contributed by atoms with Crippen LogP contribution in [0.15, 0.2) is 0 Å². The molecule has 0 aromatic heterocycles. The molecule has 0 heterocycles. The van der Waals surface area contributed by atoms with Crippen molar-refractivity contribution in [3.8, 4) is 0 Å². The minimum absolute atomic E-state index is 0. The molecule has 0 aliphatic heterocycles. The molecular formula is C22H48BrNO. The molecule has 0 bridgehead atoms. The highest BCUT2D eigenvalue weighted by Gasteiger charge is 2.13. The van der Waals surface area contributed by atoms with E-state index in [1.807, 2.05) is 0 Å². The van der Waals surface area contributed by atoms with Crippen molar-refractivity contribution in [2.24, 2.45) is 0 Å². The molecule has 0 aromatic carbocycles. The zero-order valence-electron chi connectivity index (χ0n) is 17.7. The van der Waals surface area contributed by atoms with Gasteiger partial charge in [-0.05, 0) is 25.7 Å². The Morgan fingerprint density at radius 2 is 0.840 bits per heavy atom. The number of hydrogen-bond donors (Lipinski definition) is 1. The van der Waals surface area contributed by atoms with Crippen molar-refractivity contribution in [3.05, 3.63) is 0 Å². The molecule has 0 rings (SSSR count). The van der Waals surface area contributed by atoms with Crippen molar-refractivity contribution in [2.75, 3.05) is 33.8 Å². The number of unbranched alkanes of at least 4 members (excludes halogenated alkanes) is 14. The van der Waals surface area contributed by atoms with Crippen LogP contribution >= 0.6 is 0 Å². The average molecular weight is 423 g/mol. The van der Waals surface area contributed by atoms with E-state index in [-0.39, 0.29) is 17.0 Å². The number of hydrogen-bond acceptors (Lipinski definition) is 1. The molecule has 0 radical (unpaired) electrons. The van der Waals surface area contributed by atoms with Crippen LogP contribution in [0.2, 0.25) is 0 Å². The Bertz CT molecular complexity index is 246. The third-order valence-corrected chi connectivity index (χ3v) is 5.29. The van der Waals surface area contributed by atoms with E-state index in [0.29, 0.717) is 6.61 Å². The largest absolute Gasteiger partial charge is 1.00 e. The van der Waals surface area contributed by atoms with Gasteiger partial charge in [0.25, 0.3) is 0 Å². The summed E-state index contributed by atoms with van der Waals surface area (Å²) in [5, 5.41) is 8.86. The van der Waals surface area contributed by atoms with Crippen LogP contribution in [0.5, 0.6) is 0 Å². The first-order valence-corrected chi connectivity index (χ1v) is 11.1. The zero-order valence-corrected chi connectivity index (χ0v) is 19.3. The molecule has 1 N–H and O–H groups in total. The fraction of sp³-hybridized carbons (Fsp3) is 1.00. The Labute approximate surface area is 170 Å². The molecule has 25 heavy (non-hydrogen) atoms. The van der Waals surface area contributed by atoms with Crippen molar-refractivity contribution in [2.45, 2.75) is 110 Å². The van der Waals surface area contributed by atoms with Crippen molar-refractivity contribution in [3.63, 3.8) is 0 Å². The van der Waals surface area contributed by atoms with Crippen LogP contribution in [0, 0.1) is 0 Å². The second-order valence-electron chi connectivity index (χ2n) is 8.41. The Hall–Kier alpha value is 0.400. The predicted octanol–water partition coefficient (Wildman–Crippen LogP) is 3.32. The van der Waals surface area contributed by atoms with Gasteiger partial charge in [-0.2, -0.15) is 0 Å². The molecule has 3 heteroatoms. The third kappa shape index (κ3) is 22.4. The molecule has 0 atom stereocenters. The van der Waals surface area contributed by atoms with Gasteiger partial charge in [-0.3, -0.25) is 0 Å². The van der Waals surface area contributed by atoms with Gasteiger partial charge in [-0.25, -0.2) is 0 Å². The van der Waals surface area contributed by atoms with Crippen molar-refractivity contribution >= 4 is 0 Å². The first-order chi connectivity index (χ1) is 11.6. The van der Waals surface area contributed by atoms with E-state index in [1.165, 1.54) is 103 Å². The average Bonchev–Trinajstić information content (AvgIpc) is 2.55. The minimum atomic E-state index is 0. The van der Waals surface area contributed by atoms with Gasteiger partial charge in [0, 0.05) is 6.61 Å². The Kier molecular flexibility index (Phi) is 22.9. The summed E-state index contributed by atoms with van der Waals surface area (Å²) in [6, 6.07) is 0. The number of rotatable bonds is 19. The van der Waals surface area contributed by atoms with Gasteiger partial charge in [0.1, 0.15) is 0 Å². The number of aliphatic hydroxyl groups excluding tert-OH is 1. The van der Waals surface area contributed by atoms with Crippen molar-refractivity contribution in [1.29, 1.82) is 0 Å². The molecular weight excluding hydrogens is 374 g/mol. The van der Waals surface area contributed by atoms with Crippen LogP contribution < -0.4 is 17.0 Å². The molecule has 0 spiro atoms. The molecule has 0 aromatic rings. The fourth-order valence-electron chi connectivity index (χ4n) is 3.50. The van der Waals surface area contributed by atoms with Gasteiger partial charge in [0.15, 0.2) is 0 Å². The molecule has 2 nitrogen and oxygen atoms in total. The number of aliphatic hydroxyl groups is 1. The quantitative estimate of drug-likeness (QED) is 0.250. The van der Waals surface area contributed by atoms with E-state index in [1.54, 1.807) is 0 Å². The SMILES string of the molecule is CCCCCCCCCCCCCCCC[N+](C)(C)CCCCO.[Br-]. The summed E-state index contributed by atoms with van der Waals surface area (Å²) in [6.07, 6.45) is 22.2. The summed E-state index contributed by atoms with van der Waals surface area (Å²) < 4.78 is 1.12. The van der Waals surface area contributed by atoms with Crippen LogP contribution in [0.3, 0.4) is 0 Å². The molecule has 0 fully saturated rings. The van der Waals surface area contributed by atoms with Crippen LogP contribution in [-0.4, -0.2) is 43.4 Å². The molecule has 0 saturated heterocycles. The Balaban J connectivity index is 0. The van der Waals surface area contributed by atoms with Crippen molar-refractivity contribution in [1.82, 2.24) is 0 Å². The maximum absolute atomic E-state index is 8.86. The van der Waals surface area contributed by atoms with Gasteiger partial charge >= 0.3 is 0 Å². The van der Waals surface area contributed by atoms with Crippen LogP contribution in [0.25, 0.3) is 0 Å². The lowest BCUT2D eigenvalue weighted by Gasteiger charge is -2.29. The molecule has 0 saturated carbocycles. The number of quaternary nitrogens is 1. The standard InChI is InChI=1S/C22H48NO.BrH/c1-4-5-6-7-8-9-10-11-12-13-14-15-16-17-20-23(2,3)21-18-19-22-24;/h24H,4-22H2,1-3H3;1H/q+1;/p-1. The number of nitrogens with zero attached hydrogens (tertiary/aromatic N) is 1. The summed E-state index contributed by atoms with van der Waals surface area (Å²) in [5.41, 5.74) is 0. The third-order valence-electron chi connectivity index (χ3n) is 5.29. The van der Waals surface area contributed by atoms with Gasteiger partial charge in [0.2, 0.25) is 0 Å². The van der Waals surface area contributed by atoms with E-state index < -0.39 is 0 Å². The van der Waals surface area contributed by atoms with Gasteiger partial charge < -0.3 is 26.6 Å². The first-order valence-electron chi connectivity index (χ1n) is 11.1. The number of halogens is 1. The zero-order chi connectivity index (χ0) is 17.9. The van der Waals surface area contributed by atoms with Crippen LogP contribution in [0.1, 0.15) is 110 Å². The highest BCUT2D eigenvalue weighted by atomic mass is 79.9. The molecule has 154 valence electrons. The lowest BCUT2D eigenvalue weighted by Crippen LogP contribution is -3.00. The predicted molar refractivity (Wildman–Crippen MR) is 108 cm³/mol. The van der Waals surface area contributed by atoms with E-state index in [0.717, 1.165) is 17.3 Å². The van der Waals surface area contributed by atoms with E-state index in [4.69, 9.17) is 5.11 Å². The molecule has 0 aliphatic carbocycles. The van der Waals surface area contributed by atoms with Gasteiger partial charge in [-0.1, -0.05) is 84.0 Å². The van der Waals surface area contributed by atoms with Gasteiger partial charge in [0.05, 0.1) is 27.2 Å². The van der Waals surface area contributed by atoms with Crippen molar-refractivity contribution < 1.29 is 26.6 Å². The first kappa shape index (κ1) is 27.6. The molecule has 0 unspecified atom stereocenters. The fourth-order valence-corrected chi connectivity index (χ4v) is 3.50. The van der Waals surface area contributed by atoms with Gasteiger partial charge in [-0.15, -0.1) is 0 Å². The Morgan fingerprint density at radius 1 is 0.520 bits per heavy atom. The lowest BCUT2D eigenvalue weighted by molar-refractivity contribution is -0.890. The van der Waals surface area contributed by atoms with E-state index in [2.05, 4.69) is 21.0 Å². The Morgan fingerprint density at radius 3 is 1.20 bits per heavy atom. The summed E-state index contributed by atoms with van der Waals surface area (Å²) in [5.74, 6) is 0. The lowest BCUT2D eigenvalue weighted by atomic mass is 10.0. The van der Waals surface area contributed by atoms with Crippen LogP contribution in [-0.2, 0) is 0 Å². The summed E-state index contributed by atoms with van der Waals surface area (Å²) in [4.78, 5) is 0. The second kappa shape index (κ2) is 20.7. The van der Waals surface area contributed by atoms with Crippen LogP contribution in [0.4, 0.5) is 0 Å².